The molecule has 2 aromatic rings. The van der Waals surface area contributed by atoms with E-state index in [1.807, 2.05) is 0 Å². The van der Waals surface area contributed by atoms with Crippen LogP contribution in [0, 0.1) is 0 Å². The third-order valence-corrected chi connectivity index (χ3v) is 3.95. The molecule has 0 bridgehead atoms. The number of primary sulfonamides is 1. The summed E-state index contributed by atoms with van der Waals surface area (Å²) in [6.07, 6.45) is 0. The zero-order valence-corrected chi connectivity index (χ0v) is 11.8. The summed E-state index contributed by atoms with van der Waals surface area (Å²) in [5.41, 5.74) is 0. The highest BCUT2D eigenvalue weighted by molar-refractivity contribution is 7.89. The molecule has 0 radical (unpaired) electrons. The first kappa shape index (κ1) is 14.1. The highest BCUT2D eigenvalue weighted by Crippen LogP contribution is 2.29. The maximum Gasteiger partial charge on any atom is 0.238 e. The van der Waals surface area contributed by atoms with Crippen LogP contribution in [0.25, 0.3) is 0 Å². The van der Waals surface area contributed by atoms with Crippen molar-refractivity contribution in [2.45, 2.75) is 4.90 Å². The van der Waals surface area contributed by atoms with Gasteiger partial charge in [0.15, 0.2) is 0 Å². The first-order valence-electron chi connectivity index (χ1n) is 5.12. The van der Waals surface area contributed by atoms with E-state index in [1.165, 1.54) is 24.3 Å². The first-order chi connectivity index (χ1) is 8.86. The Labute approximate surface area is 120 Å². The van der Waals surface area contributed by atoms with Gasteiger partial charge in [0.1, 0.15) is 11.5 Å². The van der Waals surface area contributed by atoms with Crippen molar-refractivity contribution in [3.05, 3.63) is 52.5 Å². The van der Waals surface area contributed by atoms with Gasteiger partial charge in [-0.25, -0.2) is 13.6 Å². The minimum absolute atomic E-state index is 0.0222. The van der Waals surface area contributed by atoms with E-state index in [4.69, 9.17) is 33.1 Å². The molecular formula is C12H9Cl2NO3S. The molecule has 2 rings (SSSR count). The van der Waals surface area contributed by atoms with Crippen LogP contribution in [0.1, 0.15) is 0 Å². The summed E-state index contributed by atoms with van der Waals surface area (Å²) in [5, 5.41) is 5.80. The van der Waals surface area contributed by atoms with E-state index in [-0.39, 0.29) is 4.90 Å². The summed E-state index contributed by atoms with van der Waals surface area (Å²) in [4.78, 5) is 0.0222. The summed E-state index contributed by atoms with van der Waals surface area (Å²) in [6, 6.07) is 10.6. The molecule has 0 heterocycles. The zero-order chi connectivity index (χ0) is 14.0. The molecule has 19 heavy (non-hydrogen) atoms. The summed E-state index contributed by atoms with van der Waals surface area (Å²) >= 11 is 11.6. The maximum atomic E-state index is 11.1. The molecule has 0 aliphatic carbocycles. The van der Waals surface area contributed by atoms with Gasteiger partial charge in [-0.3, -0.25) is 0 Å². The fourth-order valence-corrected chi connectivity index (χ4v) is 2.18. The predicted octanol–water partition coefficient (Wildman–Crippen LogP) is 3.43. The second kappa shape index (κ2) is 5.38. The van der Waals surface area contributed by atoms with Gasteiger partial charge in [-0.05, 0) is 36.4 Å². The van der Waals surface area contributed by atoms with Crippen LogP contribution in [0.15, 0.2) is 47.4 Å². The third kappa shape index (κ3) is 3.61. The van der Waals surface area contributed by atoms with Crippen LogP contribution in [0.4, 0.5) is 0 Å². The van der Waals surface area contributed by atoms with E-state index in [0.717, 1.165) is 0 Å². The number of sulfonamides is 1. The molecule has 0 spiro atoms. The van der Waals surface area contributed by atoms with E-state index < -0.39 is 10.0 Å². The monoisotopic (exact) mass is 317 g/mol. The largest absolute Gasteiger partial charge is 0.457 e. The Bertz CT molecular complexity index is 699. The molecule has 100 valence electrons. The van der Waals surface area contributed by atoms with Crippen molar-refractivity contribution in [2.75, 3.05) is 0 Å². The SMILES string of the molecule is NS(=O)(=O)c1ccc(Oc2ccc(Cl)c(Cl)c2)cc1. The number of nitrogens with two attached hydrogens (primary N) is 1. The van der Waals surface area contributed by atoms with Crippen molar-refractivity contribution in [1.29, 1.82) is 0 Å². The van der Waals surface area contributed by atoms with Gasteiger partial charge in [-0.2, -0.15) is 0 Å². The molecule has 2 N–H and O–H groups in total. The zero-order valence-electron chi connectivity index (χ0n) is 9.51. The lowest BCUT2D eigenvalue weighted by molar-refractivity contribution is 0.482. The molecule has 0 fully saturated rings. The average Bonchev–Trinajstić information content (AvgIpc) is 2.33. The molecule has 0 saturated heterocycles. The normalized spacial score (nSPS) is 11.3. The second-order valence-electron chi connectivity index (χ2n) is 3.69. The molecule has 0 aromatic heterocycles. The van der Waals surface area contributed by atoms with Crippen LogP contribution in [0.5, 0.6) is 11.5 Å². The van der Waals surface area contributed by atoms with Crippen LogP contribution in [-0.2, 0) is 10.0 Å². The minimum Gasteiger partial charge on any atom is -0.457 e. The van der Waals surface area contributed by atoms with Gasteiger partial charge in [0, 0.05) is 6.07 Å². The highest BCUT2D eigenvalue weighted by atomic mass is 35.5. The van der Waals surface area contributed by atoms with E-state index >= 15 is 0 Å². The third-order valence-electron chi connectivity index (χ3n) is 2.28. The smallest absolute Gasteiger partial charge is 0.238 e. The van der Waals surface area contributed by atoms with Crippen LogP contribution < -0.4 is 9.88 Å². The average molecular weight is 318 g/mol. The molecule has 2 aromatic carbocycles. The molecule has 0 unspecified atom stereocenters. The Morgan fingerprint density at radius 3 is 2.00 bits per heavy atom. The van der Waals surface area contributed by atoms with Gasteiger partial charge in [-0.15, -0.1) is 0 Å². The Morgan fingerprint density at radius 1 is 0.895 bits per heavy atom. The minimum atomic E-state index is -3.70. The molecular weight excluding hydrogens is 309 g/mol. The molecule has 0 amide bonds. The van der Waals surface area contributed by atoms with Gasteiger partial charge in [0.05, 0.1) is 14.9 Å². The molecule has 4 nitrogen and oxygen atoms in total. The molecule has 0 aliphatic heterocycles. The Hall–Kier alpha value is -1.27. The first-order valence-corrected chi connectivity index (χ1v) is 7.42. The van der Waals surface area contributed by atoms with Crippen molar-refractivity contribution >= 4 is 33.2 Å². The van der Waals surface area contributed by atoms with Gasteiger partial charge >= 0.3 is 0 Å². The maximum absolute atomic E-state index is 11.1. The number of benzene rings is 2. The lowest BCUT2D eigenvalue weighted by atomic mass is 10.3. The van der Waals surface area contributed by atoms with Gasteiger partial charge < -0.3 is 4.74 Å². The van der Waals surface area contributed by atoms with Crippen LogP contribution >= 0.6 is 23.2 Å². The number of hydrogen-bond donors (Lipinski definition) is 1. The number of rotatable bonds is 3. The van der Waals surface area contributed by atoms with E-state index in [1.54, 1.807) is 18.2 Å². The predicted molar refractivity (Wildman–Crippen MR) is 74.4 cm³/mol. The van der Waals surface area contributed by atoms with Crippen LogP contribution in [0.3, 0.4) is 0 Å². The second-order valence-corrected chi connectivity index (χ2v) is 6.07. The summed E-state index contributed by atoms with van der Waals surface area (Å²) in [7, 11) is -3.70. The number of halogens is 2. The summed E-state index contributed by atoms with van der Waals surface area (Å²) in [6.45, 7) is 0. The van der Waals surface area contributed by atoms with Crippen molar-refractivity contribution in [1.82, 2.24) is 0 Å². The standard InChI is InChI=1S/C12H9Cl2NO3S/c13-11-6-3-9(7-12(11)14)18-8-1-4-10(5-2-8)19(15,16)17/h1-7H,(H2,15,16,17). The van der Waals surface area contributed by atoms with Crippen molar-refractivity contribution in [3.8, 4) is 11.5 Å². The lowest BCUT2D eigenvalue weighted by Gasteiger charge is -2.07. The van der Waals surface area contributed by atoms with Crippen LogP contribution in [-0.4, -0.2) is 8.42 Å². The van der Waals surface area contributed by atoms with Gasteiger partial charge in [-0.1, -0.05) is 23.2 Å². The van der Waals surface area contributed by atoms with E-state index in [9.17, 15) is 8.42 Å². The van der Waals surface area contributed by atoms with Crippen molar-refractivity contribution in [2.24, 2.45) is 5.14 Å². The van der Waals surface area contributed by atoms with Crippen LogP contribution in [0.2, 0.25) is 10.0 Å². The fourth-order valence-electron chi connectivity index (χ4n) is 1.37. The fraction of sp³-hybridized carbons (Fsp3) is 0. The molecule has 0 saturated carbocycles. The quantitative estimate of drug-likeness (QED) is 0.942. The van der Waals surface area contributed by atoms with Gasteiger partial charge in [0.2, 0.25) is 10.0 Å². The highest BCUT2D eigenvalue weighted by Gasteiger charge is 2.07. The van der Waals surface area contributed by atoms with E-state index in [2.05, 4.69) is 0 Å². The van der Waals surface area contributed by atoms with Crippen molar-refractivity contribution in [3.63, 3.8) is 0 Å². The molecule has 0 atom stereocenters. The van der Waals surface area contributed by atoms with Gasteiger partial charge in [0.25, 0.3) is 0 Å². The lowest BCUT2D eigenvalue weighted by Crippen LogP contribution is -2.11. The Kier molecular flexibility index (Phi) is 4.01. The topological polar surface area (TPSA) is 69.4 Å². The Balaban J connectivity index is 2.22. The Morgan fingerprint density at radius 2 is 1.47 bits per heavy atom. The number of hydrogen-bond acceptors (Lipinski definition) is 3. The number of ether oxygens (including phenoxy) is 1. The molecule has 7 heteroatoms. The summed E-state index contributed by atoms with van der Waals surface area (Å²) in [5.74, 6) is 0.962. The van der Waals surface area contributed by atoms with E-state index in [0.29, 0.717) is 21.5 Å². The summed E-state index contributed by atoms with van der Waals surface area (Å²) < 4.78 is 27.7. The van der Waals surface area contributed by atoms with Crippen molar-refractivity contribution < 1.29 is 13.2 Å². The molecule has 0 aliphatic rings.